The van der Waals surface area contributed by atoms with Crippen LogP contribution in [0.2, 0.25) is 0 Å². The van der Waals surface area contributed by atoms with Gasteiger partial charge < -0.3 is 4.90 Å². The van der Waals surface area contributed by atoms with Crippen molar-refractivity contribution < 1.29 is 4.79 Å². The molecule has 25 heavy (non-hydrogen) atoms. The van der Waals surface area contributed by atoms with E-state index < -0.39 is 0 Å². The third-order valence-electron chi connectivity index (χ3n) is 5.43. The monoisotopic (exact) mass is 374 g/mol. The molecule has 134 valence electrons. The highest BCUT2D eigenvalue weighted by atomic mass is 32.1. The highest BCUT2D eigenvalue weighted by Crippen LogP contribution is 2.39. The number of hydrogen-bond donors (Lipinski definition) is 0. The number of carbonyl (C=O) groups excluding carboxylic acids is 1. The smallest absolute Gasteiger partial charge is 0.236 e. The number of rotatable bonds is 3. The molecule has 3 nitrogen and oxygen atoms in total. The average Bonchev–Trinajstić information content (AvgIpc) is 3.25. The van der Waals surface area contributed by atoms with Gasteiger partial charge in [0, 0.05) is 29.4 Å². The quantitative estimate of drug-likeness (QED) is 0.787. The maximum atomic E-state index is 13.0. The van der Waals surface area contributed by atoms with E-state index in [4.69, 9.17) is 0 Å². The van der Waals surface area contributed by atoms with Gasteiger partial charge in [-0.15, -0.1) is 22.7 Å². The average molecular weight is 375 g/mol. The zero-order valence-electron chi connectivity index (χ0n) is 14.7. The number of nitrogens with zero attached hydrogens (tertiary/aromatic N) is 2. The van der Waals surface area contributed by atoms with Crippen LogP contribution in [0.5, 0.6) is 0 Å². The van der Waals surface area contributed by atoms with Gasteiger partial charge in [0.15, 0.2) is 0 Å². The van der Waals surface area contributed by atoms with Gasteiger partial charge in [-0.1, -0.05) is 25.3 Å². The van der Waals surface area contributed by atoms with Gasteiger partial charge in [-0.25, -0.2) is 0 Å². The molecule has 0 spiro atoms. The fourth-order valence-corrected chi connectivity index (χ4v) is 5.87. The summed E-state index contributed by atoms with van der Waals surface area (Å²) in [6.45, 7) is 3.42. The van der Waals surface area contributed by atoms with Gasteiger partial charge in [0.2, 0.25) is 5.91 Å². The zero-order chi connectivity index (χ0) is 17.1. The molecule has 0 N–H and O–H groups in total. The first-order chi connectivity index (χ1) is 12.3. The van der Waals surface area contributed by atoms with Gasteiger partial charge >= 0.3 is 0 Å². The van der Waals surface area contributed by atoms with Crippen molar-refractivity contribution in [2.24, 2.45) is 0 Å². The van der Waals surface area contributed by atoms with Crippen molar-refractivity contribution >= 4 is 28.6 Å². The molecule has 0 aliphatic carbocycles. The second-order valence-electron chi connectivity index (χ2n) is 7.09. The summed E-state index contributed by atoms with van der Waals surface area (Å²) in [6, 6.07) is 6.86. The molecule has 1 fully saturated rings. The number of thiophene rings is 2. The molecule has 2 aromatic rings. The first kappa shape index (κ1) is 17.3. The molecular formula is C20H26N2OS2. The van der Waals surface area contributed by atoms with Crippen LogP contribution in [0.1, 0.15) is 53.5 Å². The maximum absolute atomic E-state index is 13.0. The van der Waals surface area contributed by atoms with Crippen LogP contribution in [-0.2, 0) is 11.2 Å². The molecule has 0 bridgehead atoms. The first-order valence-electron chi connectivity index (χ1n) is 9.44. The molecule has 4 rings (SSSR count). The summed E-state index contributed by atoms with van der Waals surface area (Å²) in [6.07, 6.45) is 7.26. The third-order valence-corrected chi connectivity index (χ3v) is 7.35. The van der Waals surface area contributed by atoms with Crippen molar-refractivity contribution in [3.63, 3.8) is 0 Å². The highest BCUT2D eigenvalue weighted by Gasteiger charge is 2.32. The lowest BCUT2D eigenvalue weighted by Crippen LogP contribution is -2.45. The van der Waals surface area contributed by atoms with Crippen LogP contribution in [0, 0.1) is 0 Å². The third kappa shape index (κ3) is 3.83. The zero-order valence-corrected chi connectivity index (χ0v) is 16.3. The van der Waals surface area contributed by atoms with Crippen LogP contribution < -0.4 is 0 Å². The minimum atomic E-state index is 0.258. The minimum Gasteiger partial charge on any atom is -0.342 e. The van der Waals surface area contributed by atoms with Gasteiger partial charge in [-0.05, 0) is 47.7 Å². The van der Waals surface area contributed by atoms with Crippen molar-refractivity contribution in [3.8, 4) is 0 Å². The normalized spacial score (nSPS) is 22.2. The Balaban J connectivity index is 1.51. The lowest BCUT2D eigenvalue weighted by molar-refractivity contribution is -0.133. The molecule has 0 saturated carbocycles. The Morgan fingerprint density at radius 1 is 1.00 bits per heavy atom. The van der Waals surface area contributed by atoms with E-state index in [9.17, 15) is 4.79 Å². The van der Waals surface area contributed by atoms with E-state index >= 15 is 0 Å². The fraction of sp³-hybridized carbons (Fsp3) is 0.550. The molecule has 4 heterocycles. The molecule has 0 radical (unpaired) electrons. The maximum Gasteiger partial charge on any atom is 0.236 e. The second-order valence-corrected chi connectivity index (χ2v) is 9.07. The molecule has 1 amide bonds. The Kier molecular flexibility index (Phi) is 5.54. The van der Waals surface area contributed by atoms with Crippen molar-refractivity contribution in [2.45, 2.75) is 44.6 Å². The van der Waals surface area contributed by atoms with E-state index in [1.165, 1.54) is 34.6 Å². The number of amides is 1. The molecule has 0 aromatic carbocycles. The van der Waals surface area contributed by atoms with Crippen molar-refractivity contribution in [1.82, 2.24) is 9.80 Å². The van der Waals surface area contributed by atoms with E-state index in [1.807, 2.05) is 22.7 Å². The van der Waals surface area contributed by atoms with Gasteiger partial charge in [-0.2, -0.15) is 0 Å². The Morgan fingerprint density at radius 3 is 2.56 bits per heavy atom. The molecular weight excluding hydrogens is 348 g/mol. The summed E-state index contributed by atoms with van der Waals surface area (Å²) in [7, 11) is 0. The number of carbonyl (C=O) groups is 1. The predicted molar refractivity (Wildman–Crippen MR) is 105 cm³/mol. The number of likely N-dealkylation sites (tertiary alicyclic amines) is 1. The standard InChI is InChI=1S/C20H26N2OS2/c23-19(21-10-4-2-1-3-5-11-21)15-22-12-8-17-16(9-14-25-17)20(22)18-7-6-13-24-18/h6-7,9,13-14,20H,1-5,8,10-12,15H2/t20-/m0/s1. The van der Waals surface area contributed by atoms with Crippen LogP contribution >= 0.6 is 22.7 Å². The number of hydrogen-bond acceptors (Lipinski definition) is 4. The Morgan fingerprint density at radius 2 is 1.80 bits per heavy atom. The summed E-state index contributed by atoms with van der Waals surface area (Å²) < 4.78 is 0. The molecule has 2 aliphatic rings. The topological polar surface area (TPSA) is 23.6 Å². The first-order valence-corrected chi connectivity index (χ1v) is 11.2. The largest absolute Gasteiger partial charge is 0.342 e. The van der Waals surface area contributed by atoms with E-state index in [2.05, 4.69) is 38.8 Å². The van der Waals surface area contributed by atoms with Gasteiger partial charge in [0.05, 0.1) is 12.6 Å². The van der Waals surface area contributed by atoms with Crippen molar-refractivity contribution in [1.29, 1.82) is 0 Å². The van der Waals surface area contributed by atoms with Gasteiger partial charge in [0.25, 0.3) is 0 Å². The summed E-state index contributed by atoms with van der Waals surface area (Å²) in [5, 5.41) is 4.35. The predicted octanol–water partition coefficient (Wildman–Crippen LogP) is 4.55. The van der Waals surface area contributed by atoms with E-state index in [1.54, 1.807) is 0 Å². The number of fused-ring (bicyclic) bond motifs is 1. The lowest BCUT2D eigenvalue weighted by Gasteiger charge is -2.36. The SMILES string of the molecule is O=C(CN1CCc2sccc2[C@H]1c1cccs1)N1CCCCCCC1. The Hall–Kier alpha value is -1.17. The van der Waals surface area contributed by atoms with Crippen LogP contribution in [0.15, 0.2) is 29.0 Å². The summed E-state index contributed by atoms with van der Waals surface area (Å²) in [4.78, 5) is 20.4. The minimum absolute atomic E-state index is 0.258. The van der Waals surface area contributed by atoms with Crippen molar-refractivity contribution in [3.05, 3.63) is 44.3 Å². The lowest BCUT2D eigenvalue weighted by atomic mass is 9.98. The van der Waals surface area contributed by atoms with E-state index in [-0.39, 0.29) is 6.04 Å². The summed E-state index contributed by atoms with van der Waals surface area (Å²) in [5.41, 5.74) is 1.42. The van der Waals surface area contributed by atoms with Gasteiger partial charge in [-0.3, -0.25) is 9.69 Å². The molecule has 5 heteroatoms. The Labute approximate surface area is 158 Å². The van der Waals surface area contributed by atoms with Crippen LogP contribution in [-0.4, -0.2) is 41.9 Å². The fourth-order valence-electron chi connectivity index (χ4n) is 4.09. The van der Waals surface area contributed by atoms with E-state index in [0.717, 1.165) is 38.9 Å². The van der Waals surface area contributed by atoms with Crippen LogP contribution in [0.4, 0.5) is 0 Å². The molecule has 0 unspecified atom stereocenters. The van der Waals surface area contributed by atoms with Gasteiger partial charge in [0.1, 0.15) is 0 Å². The summed E-state index contributed by atoms with van der Waals surface area (Å²) >= 11 is 3.67. The molecule has 1 atom stereocenters. The van der Waals surface area contributed by atoms with Crippen molar-refractivity contribution in [2.75, 3.05) is 26.2 Å². The van der Waals surface area contributed by atoms with Crippen LogP contribution in [0.25, 0.3) is 0 Å². The van der Waals surface area contributed by atoms with Crippen LogP contribution in [0.3, 0.4) is 0 Å². The molecule has 2 aromatic heterocycles. The second kappa shape index (κ2) is 8.02. The highest BCUT2D eigenvalue weighted by molar-refractivity contribution is 7.10. The van der Waals surface area contributed by atoms with E-state index in [0.29, 0.717) is 12.5 Å². The summed E-state index contributed by atoms with van der Waals surface area (Å²) in [5.74, 6) is 0.321. The molecule has 1 saturated heterocycles. The molecule has 2 aliphatic heterocycles. The Bertz CT molecular complexity index is 686.